The summed E-state index contributed by atoms with van der Waals surface area (Å²) in [4.78, 5) is 0. The molecule has 6 fully saturated rings. The molecule has 6 rings (SSSR count). The van der Waals surface area contributed by atoms with E-state index >= 15 is 0 Å². The summed E-state index contributed by atoms with van der Waals surface area (Å²) in [7, 11) is 0. The lowest BCUT2D eigenvalue weighted by Crippen LogP contribution is -3.18. The van der Waals surface area contributed by atoms with Gasteiger partial charge >= 0.3 is 0 Å². The number of nitrogens with two attached hydrogens (primary N) is 1. The van der Waals surface area contributed by atoms with Crippen LogP contribution in [0.4, 0.5) is 0 Å². The van der Waals surface area contributed by atoms with Gasteiger partial charge in [-0.25, -0.2) is 0 Å². The summed E-state index contributed by atoms with van der Waals surface area (Å²) in [6.45, 7) is 2.81. The van der Waals surface area contributed by atoms with Gasteiger partial charge in [0.25, 0.3) is 0 Å². The van der Waals surface area contributed by atoms with Gasteiger partial charge in [-0.3, -0.25) is 0 Å². The van der Waals surface area contributed by atoms with Crippen LogP contribution in [0.2, 0.25) is 0 Å². The maximum atomic E-state index is 9.37. The largest absolute Gasteiger partial charge is 0.396 e. The van der Waals surface area contributed by atoms with Crippen molar-refractivity contribution < 1.29 is 5.11 Å². The van der Waals surface area contributed by atoms with E-state index in [0.29, 0.717) is 17.4 Å². The summed E-state index contributed by atoms with van der Waals surface area (Å²) in [6.07, 6.45) is 0. The SMILES string of the molecule is CC12[C@@H]3[C@H]4C5[C@@H]([C@H]1C53CO)C42N. The molecule has 4 unspecified atom stereocenters. The maximum Gasteiger partial charge on any atom is 0.0496 e. The second kappa shape index (κ2) is 0.934. The fourth-order valence-electron chi connectivity index (χ4n) is 6.92. The molecule has 6 aliphatic carbocycles. The molecule has 3 N–H and O–H groups in total. The first-order valence-corrected chi connectivity index (χ1v) is 5.06. The molecule has 0 aromatic heterocycles. The topological polar surface area (TPSA) is 46.2 Å². The molecular formula is C10H13NO. The zero-order valence-corrected chi connectivity index (χ0v) is 7.12. The minimum absolute atomic E-state index is 0.268. The van der Waals surface area contributed by atoms with Gasteiger partial charge in [0, 0.05) is 17.6 Å². The molecular weight excluding hydrogens is 150 g/mol. The Bertz CT molecular complexity index is 324. The zero-order valence-electron chi connectivity index (χ0n) is 7.12. The van der Waals surface area contributed by atoms with Crippen molar-refractivity contribution in [2.75, 3.05) is 6.61 Å². The lowest BCUT2D eigenvalue weighted by Gasteiger charge is -3.14. The van der Waals surface area contributed by atoms with Crippen molar-refractivity contribution >= 4 is 0 Å². The van der Waals surface area contributed by atoms with Crippen LogP contribution in [-0.4, -0.2) is 17.3 Å². The Labute approximate surface area is 71.1 Å². The fourth-order valence-corrected chi connectivity index (χ4v) is 6.92. The Morgan fingerprint density at radius 1 is 1.25 bits per heavy atom. The highest BCUT2D eigenvalue weighted by Gasteiger charge is 3.13. The van der Waals surface area contributed by atoms with Crippen LogP contribution in [0.5, 0.6) is 0 Å². The van der Waals surface area contributed by atoms with E-state index in [0.717, 1.165) is 29.6 Å². The minimum atomic E-state index is 0.268. The van der Waals surface area contributed by atoms with Crippen molar-refractivity contribution in [2.45, 2.75) is 12.5 Å². The van der Waals surface area contributed by atoms with Crippen molar-refractivity contribution in [3.63, 3.8) is 0 Å². The van der Waals surface area contributed by atoms with E-state index in [1.807, 2.05) is 0 Å². The first-order chi connectivity index (χ1) is 5.66. The van der Waals surface area contributed by atoms with Crippen molar-refractivity contribution in [2.24, 2.45) is 46.2 Å². The smallest absolute Gasteiger partial charge is 0.0496 e. The molecule has 0 spiro atoms. The van der Waals surface area contributed by atoms with E-state index < -0.39 is 0 Å². The van der Waals surface area contributed by atoms with Crippen molar-refractivity contribution in [3.8, 4) is 0 Å². The summed E-state index contributed by atoms with van der Waals surface area (Å²) in [5.41, 5.74) is 7.52. The van der Waals surface area contributed by atoms with Gasteiger partial charge in [-0.1, -0.05) is 6.92 Å². The van der Waals surface area contributed by atoms with Gasteiger partial charge in [0.15, 0.2) is 0 Å². The molecule has 64 valence electrons. The Hall–Kier alpha value is -0.0800. The van der Waals surface area contributed by atoms with E-state index in [4.69, 9.17) is 5.73 Å². The Balaban J connectivity index is 1.77. The van der Waals surface area contributed by atoms with Crippen molar-refractivity contribution in [1.82, 2.24) is 0 Å². The molecule has 0 bridgehead atoms. The van der Waals surface area contributed by atoms with E-state index in [2.05, 4.69) is 6.92 Å². The molecule has 0 saturated heterocycles. The predicted molar refractivity (Wildman–Crippen MR) is 42.0 cm³/mol. The molecule has 8 atom stereocenters. The third-order valence-corrected chi connectivity index (χ3v) is 6.87. The van der Waals surface area contributed by atoms with Gasteiger partial charge in [0.2, 0.25) is 0 Å². The standard InChI is InChI=1S/C10H13NO/c1-8-6-4-3-5(10(4,8)11)7(8)9(3,6)2-12/h3-7,12H,2,11H2,1H3/t3?,4-,5+,6+,7-,8?,9?,10?. The molecule has 12 heavy (non-hydrogen) atoms. The van der Waals surface area contributed by atoms with Crippen molar-refractivity contribution in [3.05, 3.63) is 0 Å². The third-order valence-electron chi connectivity index (χ3n) is 6.87. The molecule has 0 aliphatic heterocycles. The summed E-state index contributed by atoms with van der Waals surface area (Å²) in [6, 6.07) is 0. The normalized spacial score (nSPS) is 94.8. The molecule has 2 nitrogen and oxygen atoms in total. The van der Waals surface area contributed by atoms with Crippen LogP contribution in [-0.2, 0) is 0 Å². The zero-order chi connectivity index (χ0) is 8.09. The average Bonchev–Trinajstić information content (AvgIpc) is 2.07. The van der Waals surface area contributed by atoms with Gasteiger partial charge in [-0.15, -0.1) is 0 Å². The summed E-state index contributed by atoms with van der Waals surface area (Å²) in [5.74, 6) is 4.21. The summed E-state index contributed by atoms with van der Waals surface area (Å²) < 4.78 is 0. The number of aliphatic hydroxyl groups is 1. The Morgan fingerprint density at radius 3 is 2.25 bits per heavy atom. The highest BCUT2D eigenvalue weighted by atomic mass is 16.3. The minimum Gasteiger partial charge on any atom is -0.396 e. The van der Waals surface area contributed by atoms with Crippen LogP contribution in [0, 0.1) is 40.4 Å². The molecule has 2 heteroatoms. The summed E-state index contributed by atoms with van der Waals surface area (Å²) in [5, 5.41) is 9.37. The second-order valence-corrected chi connectivity index (χ2v) is 6.02. The third kappa shape index (κ3) is 0.161. The number of hydrogen-bond acceptors (Lipinski definition) is 2. The quantitative estimate of drug-likeness (QED) is 0.563. The molecule has 0 heterocycles. The van der Waals surface area contributed by atoms with E-state index in [9.17, 15) is 5.11 Å². The van der Waals surface area contributed by atoms with Gasteiger partial charge in [-0.05, 0) is 35.0 Å². The van der Waals surface area contributed by atoms with Crippen LogP contribution in [0.25, 0.3) is 0 Å². The van der Waals surface area contributed by atoms with Crippen molar-refractivity contribution in [1.29, 1.82) is 0 Å². The van der Waals surface area contributed by atoms with Crippen LogP contribution >= 0.6 is 0 Å². The molecule has 6 aliphatic rings. The maximum absolute atomic E-state index is 9.37. The predicted octanol–water partition coefficient (Wildman–Crippen LogP) is -0.182. The second-order valence-electron chi connectivity index (χ2n) is 6.02. The molecule has 0 amide bonds. The van der Waals surface area contributed by atoms with Crippen LogP contribution in [0.1, 0.15) is 6.92 Å². The fraction of sp³-hybridized carbons (Fsp3) is 1.00. The lowest BCUT2D eigenvalue weighted by atomic mass is 8.90. The van der Waals surface area contributed by atoms with Crippen LogP contribution in [0.3, 0.4) is 0 Å². The number of aliphatic hydroxyl groups excluding tert-OH is 1. The molecule has 0 aromatic rings. The summed E-state index contributed by atoms with van der Waals surface area (Å²) >= 11 is 0. The first-order valence-electron chi connectivity index (χ1n) is 5.06. The highest BCUT2D eigenvalue weighted by molar-refractivity contribution is 5.62. The van der Waals surface area contributed by atoms with Gasteiger partial charge in [-0.2, -0.15) is 0 Å². The average molecular weight is 163 g/mol. The van der Waals surface area contributed by atoms with Gasteiger partial charge in [0.05, 0.1) is 0 Å². The monoisotopic (exact) mass is 163 g/mol. The Morgan fingerprint density at radius 2 is 1.83 bits per heavy atom. The molecule has 6 saturated carbocycles. The first kappa shape index (κ1) is 5.61. The Kier molecular flexibility index (Phi) is 0.437. The lowest BCUT2D eigenvalue weighted by molar-refractivity contribution is -0.662. The number of rotatable bonds is 1. The van der Waals surface area contributed by atoms with E-state index in [1.165, 1.54) is 0 Å². The molecule has 0 aromatic carbocycles. The highest BCUT2D eigenvalue weighted by Crippen LogP contribution is 3.10. The van der Waals surface area contributed by atoms with Crippen LogP contribution in [0.15, 0.2) is 0 Å². The number of hydrogen-bond donors (Lipinski definition) is 2. The van der Waals surface area contributed by atoms with E-state index in [-0.39, 0.29) is 5.54 Å². The van der Waals surface area contributed by atoms with Gasteiger partial charge < -0.3 is 10.8 Å². The van der Waals surface area contributed by atoms with E-state index in [1.54, 1.807) is 0 Å². The molecule has 0 radical (unpaired) electrons. The van der Waals surface area contributed by atoms with Crippen LogP contribution < -0.4 is 5.73 Å². The van der Waals surface area contributed by atoms with Gasteiger partial charge in [0.1, 0.15) is 0 Å².